The molecular weight excluding hydrogens is 565 g/mol. The summed E-state index contributed by atoms with van der Waals surface area (Å²) in [5, 5.41) is 11.9. The molecule has 2 aromatic rings. The normalized spacial score (nSPS) is 22.1. The molecular formula is C28H49Cl2N9O2. The molecule has 2 aliphatic carbocycles. The number of nitrogens with zero attached hydrogens (tertiary/aromatic N) is 5. The van der Waals surface area contributed by atoms with E-state index in [9.17, 15) is 4.79 Å². The molecule has 1 amide bonds. The second-order valence-corrected chi connectivity index (χ2v) is 11.6. The number of hydrogen-bond donors (Lipinski definition) is 4. The van der Waals surface area contributed by atoms with Gasteiger partial charge in [0.15, 0.2) is 17.0 Å². The number of unbranched alkanes of at least 4 members (excludes halogenated alkanes) is 3. The smallest absolute Gasteiger partial charge is 0.365 e. The molecule has 5 N–H and O–H groups in total. The SMILES string of the molecule is CCCCCCNC(=O)ON1CCC(Nc2nc(N[C@H]3CC[C@H](N)CC3)nc3c2ncn3C2CCCC2)CC1.Cl.Cl. The fourth-order valence-corrected chi connectivity index (χ4v) is 6.15. The van der Waals surface area contributed by atoms with Crippen molar-refractivity contribution < 1.29 is 9.63 Å². The van der Waals surface area contributed by atoms with Gasteiger partial charge in [-0.1, -0.05) is 39.0 Å². The summed E-state index contributed by atoms with van der Waals surface area (Å²) in [7, 11) is 0. The third-order valence-corrected chi connectivity index (χ3v) is 8.55. The summed E-state index contributed by atoms with van der Waals surface area (Å²) < 4.78 is 2.26. The van der Waals surface area contributed by atoms with E-state index in [4.69, 9.17) is 25.5 Å². The number of hydrogen-bond acceptors (Lipinski definition) is 9. The molecule has 3 fully saturated rings. The van der Waals surface area contributed by atoms with Crippen molar-refractivity contribution in [1.82, 2.24) is 29.9 Å². The number of halogens is 2. The molecule has 0 unspecified atom stereocenters. The lowest BCUT2D eigenvalue weighted by molar-refractivity contribution is -0.112. The number of amides is 1. The average Bonchev–Trinajstić information content (AvgIpc) is 3.61. The van der Waals surface area contributed by atoms with Crippen LogP contribution in [0.25, 0.3) is 11.2 Å². The lowest BCUT2D eigenvalue weighted by Gasteiger charge is -2.31. The molecule has 0 aromatic carbocycles. The van der Waals surface area contributed by atoms with Crippen LogP contribution in [0.1, 0.15) is 103 Å². The summed E-state index contributed by atoms with van der Waals surface area (Å²) in [6, 6.07) is 1.32. The first-order valence-electron chi connectivity index (χ1n) is 15.3. The predicted molar refractivity (Wildman–Crippen MR) is 168 cm³/mol. The minimum absolute atomic E-state index is 0. The number of carbonyl (C=O) groups excluding carboxylic acids is 1. The molecule has 0 atom stereocenters. The van der Waals surface area contributed by atoms with Crippen molar-refractivity contribution in [1.29, 1.82) is 0 Å². The summed E-state index contributed by atoms with van der Waals surface area (Å²) in [6.45, 7) is 4.21. The average molecular weight is 615 g/mol. The number of carbonyl (C=O) groups is 1. The number of nitrogens with one attached hydrogen (secondary N) is 3. The molecule has 2 saturated carbocycles. The maximum atomic E-state index is 12.2. The zero-order valence-electron chi connectivity index (χ0n) is 24.4. The second-order valence-electron chi connectivity index (χ2n) is 11.6. The van der Waals surface area contributed by atoms with Crippen LogP contribution in [-0.4, -0.2) is 68.4 Å². The molecule has 1 aliphatic heterocycles. The molecule has 3 aliphatic rings. The monoisotopic (exact) mass is 613 g/mol. The molecule has 41 heavy (non-hydrogen) atoms. The summed E-state index contributed by atoms with van der Waals surface area (Å²) >= 11 is 0. The van der Waals surface area contributed by atoms with E-state index in [-0.39, 0.29) is 36.9 Å². The van der Waals surface area contributed by atoms with Crippen molar-refractivity contribution in [3.05, 3.63) is 6.33 Å². The van der Waals surface area contributed by atoms with Gasteiger partial charge in [-0.25, -0.2) is 9.78 Å². The van der Waals surface area contributed by atoms with Crippen LogP contribution in [0, 0.1) is 0 Å². The van der Waals surface area contributed by atoms with Crippen LogP contribution in [0.4, 0.5) is 16.6 Å². The lowest BCUT2D eigenvalue weighted by Crippen LogP contribution is -2.42. The number of nitrogens with two attached hydrogens (primary N) is 1. The maximum Gasteiger partial charge on any atom is 0.426 e. The fraction of sp³-hybridized carbons (Fsp3) is 0.786. The Labute approximate surface area is 256 Å². The van der Waals surface area contributed by atoms with E-state index in [2.05, 4.69) is 27.4 Å². The predicted octanol–water partition coefficient (Wildman–Crippen LogP) is 5.56. The van der Waals surface area contributed by atoms with Gasteiger partial charge in [0.25, 0.3) is 0 Å². The van der Waals surface area contributed by atoms with Crippen LogP contribution >= 0.6 is 24.8 Å². The molecule has 0 spiro atoms. The molecule has 0 bridgehead atoms. The first-order chi connectivity index (χ1) is 19.1. The number of hydroxylamine groups is 2. The third kappa shape index (κ3) is 9.20. The van der Waals surface area contributed by atoms with E-state index >= 15 is 0 Å². The third-order valence-electron chi connectivity index (χ3n) is 8.55. The van der Waals surface area contributed by atoms with Gasteiger partial charge in [0.05, 0.1) is 6.33 Å². The topological polar surface area (TPSA) is 135 Å². The van der Waals surface area contributed by atoms with Gasteiger partial charge in [-0.3, -0.25) is 0 Å². The summed E-state index contributed by atoms with van der Waals surface area (Å²) in [5.74, 6) is 1.46. The Balaban J connectivity index is 0.00000231. The molecule has 11 nitrogen and oxygen atoms in total. The van der Waals surface area contributed by atoms with E-state index in [1.165, 1.54) is 38.5 Å². The van der Waals surface area contributed by atoms with Crippen LogP contribution < -0.4 is 21.7 Å². The fourth-order valence-electron chi connectivity index (χ4n) is 6.15. The summed E-state index contributed by atoms with van der Waals surface area (Å²) in [4.78, 5) is 32.4. The van der Waals surface area contributed by atoms with Gasteiger partial charge in [0, 0.05) is 43.8 Å². The Bertz CT molecular complexity index is 1070. The maximum absolute atomic E-state index is 12.2. The van der Waals surface area contributed by atoms with Crippen molar-refractivity contribution in [2.75, 3.05) is 30.3 Å². The molecule has 5 rings (SSSR count). The van der Waals surface area contributed by atoms with Gasteiger partial charge in [0.1, 0.15) is 0 Å². The van der Waals surface area contributed by atoms with Gasteiger partial charge >= 0.3 is 6.09 Å². The van der Waals surface area contributed by atoms with Crippen LogP contribution in [0.15, 0.2) is 6.33 Å². The number of imidazole rings is 1. The number of fused-ring (bicyclic) bond motifs is 1. The van der Waals surface area contributed by atoms with Crippen LogP contribution in [0.5, 0.6) is 0 Å². The zero-order chi connectivity index (χ0) is 27.0. The first kappa shape index (κ1) is 33.4. The van der Waals surface area contributed by atoms with Crippen molar-refractivity contribution in [3.8, 4) is 0 Å². The van der Waals surface area contributed by atoms with Crippen LogP contribution in [-0.2, 0) is 4.84 Å². The lowest BCUT2D eigenvalue weighted by atomic mass is 9.92. The minimum atomic E-state index is -0.354. The van der Waals surface area contributed by atoms with Crippen molar-refractivity contribution >= 4 is 53.8 Å². The van der Waals surface area contributed by atoms with Gasteiger partial charge in [-0.05, 0) is 57.8 Å². The van der Waals surface area contributed by atoms with E-state index < -0.39 is 0 Å². The number of anilines is 2. The van der Waals surface area contributed by atoms with Crippen molar-refractivity contribution in [2.45, 2.75) is 121 Å². The van der Waals surface area contributed by atoms with E-state index in [0.29, 0.717) is 43.7 Å². The second kappa shape index (κ2) is 16.5. The molecule has 232 valence electrons. The van der Waals surface area contributed by atoms with Gasteiger partial charge in [-0.15, -0.1) is 29.9 Å². The quantitative estimate of drug-likeness (QED) is 0.240. The van der Waals surface area contributed by atoms with Gasteiger partial charge in [0.2, 0.25) is 5.95 Å². The largest absolute Gasteiger partial charge is 0.426 e. The molecule has 1 saturated heterocycles. The van der Waals surface area contributed by atoms with Crippen LogP contribution in [0.3, 0.4) is 0 Å². The van der Waals surface area contributed by atoms with Gasteiger partial charge in [-0.2, -0.15) is 9.97 Å². The Kier molecular flexibility index (Phi) is 13.5. The Morgan fingerprint density at radius 3 is 2.37 bits per heavy atom. The van der Waals surface area contributed by atoms with Crippen molar-refractivity contribution in [2.24, 2.45) is 5.73 Å². The number of piperidine rings is 1. The van der Waals surface area contributed by atoms with Crippen LogP contribution in [0.2, 0.25) is 0 Å². The van der Waals surface area contributed by atoms with E-state index in [1.54, 1.807) is 5.06 Å². The highest BCUT2D eigenvalue weighted by Crippen LogP contribution is 2.34. The number of rotatable bonds is 11. The van der Waals surface area contributed by atoms with E-state index in [0.717, 1.165) is 68.3 Å². The van der Waals surface area contributed by atoms with E-state index in [1.807, 2.05) is 6.33 Å². The Morgan fingerprint density at radius 1 is 0.951 bits per heavy atom. The first-order valence-corrected chi connectivity index (χ1v) is 15.3. The molecule has 13 heteroatoms. The molecule has 0 radical (unpaired) electrons. The Morgan fingerprint density at radius 2 is 1.66 bits per heavy atom. The minimum Gasteiger partial charge on any atom is -0.365 e. The molecule has 2 aromatic heterocycles. The number of aromatic nitrogens is 4. The molecule has 3 heterocycles. The summed E-state index contributed by atoms with van der Waals surface area (Å²) in [5.41, 5.74) is 7.87. The van der Waals surface area contributed by atoms with Crippen molar-refractivity contribution in [3.63, 3.8) is 0 Å². The highest BCUT2D eigenvalue weighted by atomic mass is 35.5. The zero-order valence-corrected chi connectivity index (χ0v) is 26.0. The highest BCUT2D eigenvalue weighted by molar-refractivity contribution is 5.86. The summed E-state index contributed by atoms with van der Waals surface area (Å²) in [6.07, 6.45) is 16.8. The standard InChI is InChI=1S/C28H47N9O2.2ClH/c1-2-3-4-7-16-30-28(38)39-36-17-14-22(15-18-36)32-25-24-26(37(19-31-24)23-8-5-6-9-23)35-27(34-25)33-21-12-10-20(29)11-13-21;;/h19-23H,2-18,29H2,1H3,(H,30,38)(H2,32,33,34,35);2*1H/t20-,21-;;. The van der Waals surface area contributed by atoms with Gasteiger partial charge < -0.3 is 31.1 Å². The highest BCUT2D eigenvalue weighted by Gasteiger charge is 2.27. The Hall–Kier alpha value is -2.08.